The molecule has 3 heteroatoms. The van der Waals surface area contributed by atoms with E-state index in [2.05, 4.69) is 29.5 Å². The molecule has 19 heavy (non-hydrogen) atoms. The van der Waals surface area contributed by atoms with E-state index < -0.39 is 0 Å². The average Bonchev–Trinajstić information content (AvgIpc) is 2.89. The molecule has 1 aromatic rings. The van der Waals surface area contributed by atoms with E-state index in [-0.39, 0.29) is 0 Å². The van der Waals surface area contributed by atoms with E-state index in [0.29, 0.717) is 0 Å². The Morgan fingerprint density at radius 2 is 1.68 bits per heavy atom. The molecule has 1 rings (SSSR count). The summed E-state index contributed by atoms with van der Waals surface area (Å²) in [7, 11) is 0. The van der Waals surface area contributed by atoms with Crippen LogP contribution >= 0.6 is 11.3 Å². The molecule has 0 atom stereocenters. The summed E-state index contributed by atoms with van der Waals surface area (Å²) in [5.74, 6) is 0. The van der Waals surface area contributed by atoms with Gasteiger partial charge in [0, 0.05) is 11.9 Å². The molecule has 0 aliphatic rings. The molecule has 0 radical (unpaired) electrons. The molecule has 0 aliphatic carbocycles. The van der Waals surface area contributed by atoms with E-state index in [1.165, 1.54) is 62.1 Å². The van der Waals surface area contributed by atoms with Gasteiger partial charge in [-0.2, -0.15) is 0 Å². The van der Waals surface area contributed by atoms with Gasteiger partial charge in [0.05, 0.1) is 10.7 Å². The summed E-state index contributed by atoms with van der Waals surface area (Å²) in [6.45, 7) is 6.51. The Hall–Kier alpha value is -0.410. The standard InChI is InChI=1S/C16H30N2S/c1-3-5-6-7-8-9-10-11-12-17-13-15-14-19-16(4-2)18-15/h14,17H,3-13H2,1-2H3. The molecule has 0 bridgehead atoms. The first-order valence-corrected chi connectivity index (χ1v) is 8.88. The van der Waals surface area contributed by atoms with Crippen LogP contribution < -0.4 is 5.32 Å². The predicted octanol–water partition coefficient (Wildman–Crippen LogP) is 4.94. The average molecular weight is 282 g/mol. The zero-order valence-electron chi connectivity index (χ0n) is 12.7. The molecule has 0 saturated carbocycles. The Kier molecular flexibility index (Phi) is 10.0. The Labute approximate surface area is 123 Å². The van der Waals surface area contributed by atoms with Gasteiger partial charge in [0.15, 0.2) is 0 Å². The second kappa shape index (κ2) is 11.4. The van der Waals surface area contributed by atoms with Gasteiger partial charge < -0.3 is 5.32 Å². The van der Waals surface area contributed by atoms with E-state index in [1.807, 2.05) is 0 Å². The van der Waals surface area contributed by atoms with Crippen molar-refractivity contribution in [1.29, 1.82) is 0 Å². The number of thiazole rings is 1. The maximum absolute atomic E-state index is 4.56. The zero-order chi connectivity index (χ0) is 13.8. The molecule has 2 nitrogen and oxygen atoms in total. The van der Waals surface area contributed by atoms with Crippen LogP contribution in [0.4, 0.5) is 0 Å². The Morgan fingerprint density at radius 3 is 2.32 bits per heavy atom. The minimum absolute atomic E-state index is 0.938. The molecule has 1 heterocycles. The van der Waals surface area contributed by atoms with Gasteiger partial charge in [-0.1, -0.05) is 58.8 Å². The molecule has 0 aromatic carbocycles. The van der Waals surface area contributed by atoms with Gasteiger partial charge in [0.1, 0.15) is 0 Å². The summed E-state index contributed by atoms with van der Waals surface area (Å²) in [5.41, 5.74) is 1.21. The summed E-state index contributed by atoms with van der Waals surface area (Å²) in [6.07, 6.45) is 12.2. The lowest BCUT2D eigenvalue weighted by molar-refractivity contribution is 0.553. The van der Waals surface area contributed by atoms with Gasteiger partial charge in [0.2, 0.25) is 0 Å². The molecular weight excluding hydrogens is 252 g/mol. The summed E-state index contributed by atoms with van der Waals surface area (Å²) < 4.78 is 0. The van der Waals surface area contributed by atoms with Crippen LogP contribution in [-0.2, 0) is 13.0 Å². The van der Waals surface area contributed by atoms with Gasteiger partial charge in [-0.05, 0) is 19.4 Å². The number of nitrogens with one attached hydrogen (secondary N) is 1. The SMILES string of the molecule is CCCCCCCCCCNCc1csc(CC)n1. The van der Waals surface area contributed by atoms with Crippen molar-refractivity contribution < 1.29 is 0 Å². The van der Waals surface area contributed by atoms with Crippen molar-refractivity contribution in [1.82, 2.24) is 10.3 Å². The van der Waals surface area contributed by atoms with Crippen LogP contribution in [0.15, 0.2) is 5.38 Å². The summed E-state index contributed by atoms with van der Waals surface area (Å²) >= 11 is 1.78. The number of unbranched alkanes of at least 4 members (excludes halogenated alkanes) is 7. The van der Waals surface area contributed by atoms with Crippen molar-refractivity contribution in [3.63, 3.8) is 0 Å². The Balaban J connectivity index is 1.86. The number of nitrogens with zero attached hydrogens (tertiary/aromatic N) is 1. The van der Waals surface area contributed by atoms with Crippen molar-refractivity contribution in [2.24, 2.45) is 0 Å². The molecule has 0 spiro atoms. The molecule has 0 fully saturated rings. The third-order valence-electron chi connectivity index (χ3n) is 3.41. The van der Waals surface area contributed by atoms with Gasteiger partial charge in [-0.25, -0.2) is 4.98 Å². The van der Waals surface area contributed by atoms with E-state index in [9.17, 15) is 0 Å². The second-order valence-electron chi connectivity index (χ2n) is 5.24. The maximum atomic E-state index is 4.56. The highest BCUT2D eigenvalue weighted by atomic mass is 32.1. The van der Waals surface area contributed by atoms with Crippen LogP contribution in [-0.4, -0.2) is 11.5 Å². The Morgan fingerprint density at radius 1 is 1.00 bits per heavy atom. The number of aromatic nitrogens is 1. The van der Waals surface area contributed by atoms with E-state index in [1.54, 1.807) is 11.3 Å². The highest BCUT2D eigenvalue weighted by molar-refractivity contribution is 7.09. The molecule has 0 saturated heterocycles. The first-order chi connectivity index (χ1) is 9.36. The van der Waals surface area contributed by atoms with Gasteiger partial charge in [-0.15, -0.1) is 11.3 Å². The third kappa shape index (κ3) is 8.38. The van der Waals surface area contributed by atoms with E-state index in [0.717, 1.165) is 19.5 Å². The number of aryl methyl sites for hydroxylation is 1. The highest BCUT2D eigenvalue weighted by Gasteiger charge is 1.99. The van der Waals surface area contributed by atoms with E-state index in [4.69, 9.17) is 0 Å². The van der Waals surface area contributed by atoms with Gasteiger partial charge in [-0.3, -0.25) is 0 Å². The summed E-state index contributed by atoms with van der Waals surface area (Å²) in [6, 6.07) is 0. The third-order valence-corrected chi connectivity index (χ3v) is 4.46. The quantitative estimate of drug-likeness (QED) is 0.549. The molecule has 0 amide bonds. The second-order valence-corrected chi connectivity index (χ2v) is 6.18. The van der Waals surface area contributed by atoms with Gasteiger partial charge >= 0.3 is 0 Å². The van der Waals surface area contributed by atoms with Crippen molar-refractivity contribution >= 4 is 11.3 Å². The first kappa shape index (κ1) is 16.6. The monoisotopic (exact) mass is 282 g/mol. The fourth-order valence-electron chi connectivity index (χ4n) is 2.19. The van der Waals surface area contributed by atoms with Crippen molar-refractivity contribution in [3.05, 3.63) is 16.1 Å². The number of hydrogen-bond donors (Lipinski definition) is 1. The number of hydrogen-bond acceptors (Lipinski definition) is 3. The lowest BCUT2D eigenvalue weighted by Gasteiger charge is -2.03. The van der Waals surface area contributed by atoms with Crippen LogP contribution in [0.25, 0.3) is 0 Å². The summed E-state index contributed by atoms with van der Waals surface area (Å²) in [5, 5.41) is 6.93. The highest BCUT2D eigenvalue weighted by Crippen LogP contribution is 2.10. The van der Waals surface area contributed by atoms with Crippen LogP contribution in [0.1, 0.15) is 75.9 Å². The van der Waals surface area contributed by atoms with Crippen molar-refractivity contribution in [2.45, 2.75) is 78.2 Å². The zero-order valence-corrected chi connectivity index (χ0v) is 13.5. The van der Waals surface area contributed by atoms with Gasteiger partial charge in [0.25, 0.3) is 0 Å². The van der Waals surface area contributed by atoms with Crippen molar-refractivity contribution in [3.8, 4) is 0 Å². The fourth-order valence-corrected chi connectivity index (χ4v) is 2.94. The molecule has 0 unspecified atom stereocenters. The largest absolute Gasteiger partial charge is 0.311 e. The summed E-state index contributed by atoms with van der Waals surface area (Å²) in [4.78, 5) is 4.56. The van der Waals surface area contributed by atoms with Crippen molar-refractivity contribution in [2.75, 3.05) is 6.54 Å². The number of rotatable bonds is 12. The topological polar surface area (TPSA) is 24.9 Å². The van der Waals surface area contributed by atoms with Crippen LogP contribution in [0, 0.1) is 0 Å². The first-order valence-electron chi connectivity index (χ1n) is 8.00. The maximum Gasteiger partial charge on any atom is 0.0926 e. The minimum Gasteiger partial charge on any atom is -0.311 e. The predicted molar refractivity (Wildman–Crippen MR) is 85.8 cm³/mol. The van der Waals surface area contributed by atoms with E-state index >= 15 is 0 Å². The minimum atomic E-state index is 0.938. The Bertz CT molecular complexity index is 309. The molecule has 110 valence electrons. The van der Waals surface area contributed by atoms with Crippen LogP contribution in [0.3, 0.4) is 0 Å². The molecule has 0 aliphatic heterocycles. The normalized spacial score (nSPS) is 11.1. The van der Waals surface area contributed by atoms with Crippen LogP contribution in [0.5, 0.6) is 0 Å². The molecule has 1 N–H and O–H groups in total. The molecular formula is C16H30N2S. The fraction of sp³-hybridized carbons (Fsp3) is 0.812. The lowest BCUT2D eigenvalue weighted by Crippen LogP contribution is -2.14. The van der Waals surface area contributed by atoms with Crippen LogP contribution in [0.2, 0.25) is 0 Å². The molecule has 1 aromatic heterocycles. The smallest absolute Gasteiger partial charge is 0.0926 e. The lowest BCUT2D eigenvalue weighted by atomic mass is 10.1.